The zero-order chi connectivity index (χ0) is 17.4. The molecular weight excluding hydrogens is 322 g/mol. The molecule has 6 heteroatoms. The molecule has 0 bridgehead atoms. The Hall–Kier alpha value is -2.78. The second kappa shape index (κ2) is 8.75. The fraction of sp³-hybridized carbons (Fsp3) is 0.167. The van der Waals surface area contributed by atoms with Gasteiger partial charge in [0.1, 0.15) is 0 Å². The minimum Gasteiger partial charge on any atom is -0.326 e. The SMILES string of the molecule is CC(=O)Nc1ccc(SCC(=O)Nc2ccc(CC#N)cc2)cc1. The average molecular weight is 339 g/mol. The van der Waals surface area contributed by atoms with Crippen molar-refractivity contribution >= 4 is 35.0 Å². The lowest BCUT2D eigenvalue weighted by Crippen LogP contribution is -2.13. The maximum atomic E-state index is 12.0. The van der Waals surface area contributed by atoms with Crippen LogP contribution in [0.25, 0.3) is 0 Å². The van der Waals surface area contributed by atoms with Gasteiger partial charge in [0, 0.05) is 23.2 Å². The van der Waals surface area contributed by atoms with Crippen LogP contribution in [-0.4, -0.2) is 17.6 Å². The first kappa shape index (κ1) is 17.6. The lowest BCUT2D eigenvalue weighted by Gasteiger charge is -2.07. The summed E-state index contributed by atoms with van der Waals surface area (Å²) < 4.78 is 0. The van der Waals surface area contributed by atoms with E-state index in [4.69, 9.17) is 5.26 Å². The van der Waals surface area contributed by atoms with Crippen molar-refractivity contribution in [3.8, 4) is 6.07 Å². The van der Waals surface area contributed by atoms with Crippen LogP contribution in [0.3, 0.4) is 0 Å². The van der Waals surface area contributed by atoms with Crippen molar-refractivity contribution in [2.75, 3.05) is 16.4 Å². The molecule has 2 amide bonds. The third-order valence-electron chi connectivity index (χ3n) is 3.07. The van der Waals surface area contributed by atoms with Gasteiger partial charge in [-0.1, -0.05) is 12.1 Å². The molecule has 24 heavy (non-hydrogen) atoms. The molecule has 2 aromatic carbocycles. The van der Waals surface area contributed by atoms with Gasteiger partial charge in [0.2, 0.25) is 11.8 Å². The third-order valence-corrected chi connectivity index (χ3v) is 4.08. The van der Waals surface area contributed by atoms with Crippen molar-refractivity contribution in [2.45, 2.75) is 18.2 Å². The number of thioether (sulfide) groups is 1. The molecule has 0 saturated carbocycles. The molecule has 122 valence electrons. The van der Waals surface area contributed by atoms with Gasteiger partial charge in [0.05, 0.1) is 18.2 Å². The predicted molar refractivity (Wildman–Crippen MR) is 95.9 cm³/mol. The van der Waals surface area contributed by atoms with Gasteiger partial charge in [-0.05, 0) is 42.0 Å². The summed E-state index contributed by atoms with van der Waals surface area (Å²) >= 11 is 1.42. The minimum atomic E-state index is -0.115. The van der Waals surface area contributed by atoms with Crippen LogP contribution in [0.4, 0.5) is 11.4 Å². The van der Waals surface area contributed by atoms with Crippen LogP contribution >= 0.6 is 11.8 Å². The van der Waals surface area contributed by atoms with Crippen molar-refractivity contribution < 1.29 is 9.59 Å². The maximum absolute atomic E-state index is 12.0. The van der Waals surface area contributed by atoms with Crippen LogP contribution in [-0.2, 0) is 16.0 Å². The Balaban J connectivity index is 1.82. The van der Waals surface area contributed by atoms with E-state index < -0.39 is 0 Å². The molecule has 5 nitrogen and oxygen atoms in total. The van der Waals surface area contributed by atoms with Crippen LogP contribution in [0.15, 0.2) is 53.4 Å². The Morgan fingerprint density at radius 1 is 1.00 bits per heavy atom. The summed E-state index contributed by atoms with van der Waals surface area (Å²) in [6.45, 7) is 1.46. The van der Waals surface area contributed by atoms with Gasteiger partial charge in [-0.3, -0.25) is 9.59 Å². The fourth-order valence-corrected chi connectivity index (χ4v) is 2.68. The van der Waals surface area contributed by atoms with Crippen LogP contribution in [0, 0.1) is 11.3 Å². The summed E-state index contributed by atoms with van der Waals surface area (Å²) in [5, 5.41) is 14.1. The lowest BCUT2D eigenvalue weighted by atomic mass is 10.1. The molecule has 2 N–H and O–H groups in total. The van der Waals surface area contributed by atoms with Crippen molar-refractivity contribution in [1.29, 1.82) is 5.26 Å². The predicted octanol–water partition coefficient (Wildman–Crippen LogP) is 3.44. The van der Waals surface area contributed by atoms with E-state index in [2.05, 4.69) is 16.7 Å². The molecule has 0 radical (unpaired) electrons. The van der Waals surface area contributed by atoms with Crippen molar-refractivity contribution in [1.82, 2.24) is 0 Å². The molecular formula is C18H17N3O2S. The van der Waals surface area contributed by atoms with Crippen LogP contribution in [0.2, 0.25) is 0 Å². The second-order valence-electron chi connectivity index (χ2n) is 5.07. The molecule has 0 fully saturated rings. The first-order valence-electron chi connectivity index (χ1n) is 7.33. The standard InChI is InChI=1S/C18H17N3O2S/c1-13(22)20-15-6-8-17(9-7-15)24-12-18(23)21-16-4-2-14(3-5-16)10-11-19/h2-9H,10,12H2,1H3,(H,20,22)(H,21,23). The molecule has 0 unspecified atom stereocenters. The van der Waals surface area contributed by atoms with Crippen molar-refractivity contribution in [3.05, 3.63) is 54.1 Å². The Morgan fingerprint density at radius 2 is 1.58 bits per heavy atom. The van der Waals surface area contributed by atoms with E-state index in [9.17, 15) is 9.59 Å². The second-order valence-corrected chi connectivity index (χ2v) is 6.12. The number of hydrogen-bond donors (Lipinski definition) is 2. The largest absolute Gasteiger partial charge is 0.326 e. The van der Waals surface area contributed by atoms with E-state index >= 15 is 0 Å². The van der Waals surface area contributed by atoms with Gasteiger partial charge in [0.15, 0.2) is 0 Å². The van der Waals surface area contributed by atoms with Gasteiger partial charge in [-0.15, -0.1) is 11.8 Å². The minimum absolute atomic E-state index is 0.0982. The van der Waals surface area contributed by atoms with Gasteiger partial charge in [-0.2, -0.15) is 5.26 Å². The zero-order valence-electron chi connectivity index (χ0n) is 13.2. The number of benzene rings is 2. The Kier molecular flexibility index (Phi) is 6.41. The average Bonchev–Trinajstić information content (AvgIpc) is 2.56. The summed E-state index contributed by atoms with van der Waals surface area (Å²) in [6, 6.07) is 16.6. The van der Waals surface area contributed by atoms with Gasteiger partial charge < -0.3 is 10.6 Å². The molecule has 0 spiro atoms. The molecule has 2 aromatic rings. The number of amides is 2. The number of nitrogens with one attached hydrogen (secondary N) is 2. The molecule has 0 heterocycles. The summed E-state index contributed by atoms with van der Waals surface area (Å²) in [5.74, 6) is 0.0777. The summed E-state index contributed by atoms with van der Waals surface area (Å²) in [7, 11) is 0. The number of hydrogen-bond acceptors (Lipinski definition) is 4. The van der Waals surface area contributed by atoms with E-state index in [0.29, 0.717) is 17.9 Å². The van der Waals surface area contributed by atoms with Crippen molar-refractivity contribution in [3.63, 3.8) is 0 Å². The summed E-state index contributed by atoms with van der Waals surface area (Å²) in [6.07, 6.45) is 0.360. The highest BCUT2D eigenvalue weighted by atomic mass is 32.2. The number of rotatable bonds is 6. The number of carbonyl (C=O) groups excluding carboxylic acids is 2. The van der Waals surface area contributed by atoms with Crippen molar-refractivity contribution in [2.24, 2.45) is 0 Å². The van der Waals surface area contributed by atoms with Gasteiger partial charge in [-0.25, -0.2) is 0 Å². The Bertz CT molecular complexity index is 749. The maximum Gasteiger partial charge on any atom is 0.234 e. The highest BCUT2D eigenvalue weighted by molar-refractivity contribution is 8.00. The van der Waals surface area contributed by atoms with E-state index in [1.54, 1.807) is 24.3 Å². The van der Waals surface area contributed by atoms with E-state index in [0.717, 1.165) is 16.1 Å². The molecule has 0 atom stereocenters. The van der Waals surface area contributed by atoms with E-state index in [1.807, 2.05) is 24.3 Å². The smallest absolute Gasteiger partial charge is 0.234 e. The lowest BCUT2D eigenvalue weighted by molar-refractivity contribution is -0.114. The summed E-state index contributed by atoms with van der Waals surface area (Å²) in [5.41, 5.74) is 2.36. The zero-order valence-corrected chi connectivity index (χ0v) is 14.0. The number of nitrogens with zero attached hydrogens (tertiary/aromatic N) is 1. The topological polar surface area (TPSA) is 82.0 Å². The third kappa shape index (κ3) is 5.78. The number of carbonyl (C=O) groups is 2. The number of anilines is 2. The Morgan fingerprint density at radius 3 is 2.17 bits per heavy atom. The van der Waals surface area contributed by atoms with E-state index in [1.165, 1.54) is 18.7 Å². The Labute approximate surface area is 145 Å². The normalized spacial score (nSPS) is 9.83. The molecule has 2 rings (SSSR count). The van der Waals surface area contributed by atoms with Crippen LogP contribution in [0.1, 0.15) is 12.5 Å². The monoisotopic (exact) mass is 339 g/mol. The highest BCUT2D eigenvalue weighted by Crippen LogP contribution is 2.20. The summed E-state index contributed by atoms with van der Waals surface area (Å²) in [4.78, 5) is 23.9. The highest BCUT2D eigenvalue weighted by Gasteiger charge is 2.04. The van der Waals surface area contributed by atoms with E-state index in [-0.39, 0.29) is 11.8 Å². The first-order chi connectivity index (χ1) is 11.6. The van der Waals surface area contributed by atoms with Gasteiger partial charge >= 0.3 is 0 Å². The fourth-order valence-electron chi connectivity index (χ4n) is 1.98. The molecule has 0 saturated heterocycles. The van der Waals surface area contributed by atoms with Gasteiger partial charge in [0.25, 0.3) is 0 Å². The molecule has 0 aliphatic rings. The molecule has 0 aliphatic carbocycles. The van der Waals surface area contributed by atoms with Crippen LogP contribution < -0.4 is 10.6 Å². The molecule has 0 aliphatic heterocycles. The number of nitriles is 1. The van der Waals surface area contributed by atoms with Crippen LogP contribution in [0.5, 0.6) is 0 Å². The first-order valence-corrected chi connectivity index (χ1v) is 8.31. The quantitative estimate of drug-likeness (QED) is 0.790. The molecule has 0 aromatic heterocycles.